The highest BCUT2D eigenvalue weighted by Gasteiger charge is 2.47. The topological polar surface area (TPSA) is 90.9 Å². The van der Waals surface area contributed by atoms with Crippen LogP contribution in [0.4, 0.5) is 13.2 Å². The standard InChI is InChI=1S/C21H23F3N6O/c1-31-20(16-10-6-3-7-11-16)17(25)12-15(13-26-20)18(14-8-4-2-5-9-14)30-19(21(22,23)24)27-28-29-30/h2-11,15,17-18,26H,12-13,25H2,1H3. The molecule has 4 rings (SSSR count). The number of tetrazole rings is 1. The van der Waals surface area contributed by atoms with Crippen molar-refractivity contribution in [3.05, 3.63) is 77.6 Å². The van der Waals surface area contributed by atoms with Gasteiger partial charge in [0, 0.05) is 19.2 Å². The van der Waals surface area contributed by atoms with Crippen LogP contribution in [0.15, 0.2) is 60.7 Å². The molecule has 1 aliphatic rings. The molecule has 1 aliphatic heterocycles. The average molecular weight is 432 g/mol. The number of halogens is 3. The van der Waals surface area contributed by atoms with Crippen LogP contribution in [0.1, 0.15) is 29.4 Å². The number of nitrogens with one attached hydrogen (secondary N) is 1. The van der Waals surface area contributed by atoms with Gasteiger partial charge in [-0.3, -0.25) is 5.32 Å². The van der Waals surface area contributed by atoms with E-state index >= 15 is 0 Å². The van der Waals surface area contributed by atoms with Gasteiger partial charge in [-0.15, -0.1) is 5.10 Å². The number of methoxy groups -OCH3 is 1. The first-order valence-electron chi connectivity index (χ1n) is 9.88. The number of alkyl halides is 3. The number of hydrogen-bond acceptors (Lipinski definition) is 6. The molecule has 0 spiro atoms. The van der Waals surface area contributed by atoms with Crippen LogP contribution in [0, 0.1) is 5.92 Å². The Hall–Kier alpha value is -2.82. The Labute approximate surface area is 177 Å². The molecule has 4 atom stereocenters. The molecule has 2 aromatic carbocycles. The molecule has 10 heteroatoms. The van der Waals surface area contributed by atoms with Crippen molar-refractivity contribution >= 4 is 0 Å². The fourth-order valence-corrected chi connectivity index (χ4v) is 4.40. The molecule has 31 heavy (non-hydrogen) atoms. The smallest absolute Gasteiger partial charge is 0.358 e. The van der Waals surface area contributed by atoms with Crippen LogP contribution in [-0.4, -0.2) is 39.9 Å². The highest BCUT2D eigenvalue weighted by Crippen LogP contribution is 2.40. The van der Waals surface area contributed by atoms with E-state index in [2.05, 4.69) is 20.8 Å². The third-order valence-electron chi connectivity index (χ3n) is 5.83. The summed E-state index contributed by atoms with van der Waals surface area (Å²) in [5, 5.41) is 13.6. The summed E-state index contributed by atoms with van der Waals surface area (Å²) in [6.07, 6.45) is -4.28. The van der Waals surface area contributed by atoms with E-state index < -0.39 is 29.8 Å². The molecular weight excluding hydrogens is 409 g/mol. The summed E-state index contributed by atoms with van der Waals surface area (Å²) in [5.41, 5.74) is 7.16. The Balaban J connectivity index is 1.71. The van der Waals surface area contributed by atoms with Crippen molar-refractivity contribution in [3.63, 3.8) is 0 Å². The molecule has 1 aromatic heterocycles. The van der Waals surface area contributed by atoms with Crippen LogP contribution in [0.5, 0.6) is 0 Å². The van der Waals surface area contributed by atoms with Gasteiger partial charge < -0.3 is 10.5 Å². The summed E-state index contributed by atoms with van der Waals surface area (Å²) in [6.45, 7) is 0.354. The molecule has 0 aliphatic carbocycles. The van der Waals surface area contributed by atoms with Gasteiger partial charge >= 0.3 is 6.18 Å². The minimum Gasteiger partial charge on any atom is -0.358 e. The largest absolute Gasteiger partial charge is 0.453 e. The lowest BCUT2D eigenvalue weighted by Crippen LogP contribution is -2.63. The number of benzene rings is 2. The summed E-state index contributed by atoms with van der Waals surface area (Å²) < 4.78 is 47.4. The second-order valence-corrected chi connectivity index (χ2v) is 7.59. The zero-order chi connectivity index (χ0) is 22.1. The highest BCUT2D eigenvalue weighted by molar-refractivity contribution is 5.27. The van der Waals surface area contributed by atoms with Crippen molar-refractivity contribution < 1.29 is 17.9 Å². The summed E-state index contributed by atoms with van der Waals surface area (Å²) in [5.74, 6) is -1.45. The van der Waals surface area contributed by atoms with Crippen molar-refractivity contribution in [2.24, 2.45) is 11.7 Å². The minimum atomic E-state index is -4.68. The predicted octanol–water partition coefficient (Wildman–Crippen LogP) is 2.72. The number of aromatic nitrogens is 4. The first kappa shape index (κ1) is 21.4. The van der Waals surface area contributed by atoms with Gasteiger partial charge in [-0.25, -0.2) is 4.68 Å². The molecule has 3 aromatic rings. The van der Waals surface area contributed by atoms with E-state index in [4.69, 9.17) is 10.5 Å². The average Bonchev–Trinajstić information content (AvgIpc) is 3.26. The summed E-state index contributed by atoms with van der Waals surface area (Å²) >= 11 is 0. The number of nitrogens with zero attached hydrogens (tertiary/aromatic N) is 4. The van der Waals surface area contributed by atoms with Crippen LogP contribution in [0.2, 0.25) is 0 Å². The third kappa shape index (κ3) is 3.93. The number of nitrogens with two attached hydrogens (primary N) is 1. The van der Waals surface area contributed by atoms with Crippen molar-refractivity contribution in [2.75, 3.05) is 13.7 Å². The second kappa shape index (κ2) is 8.37. The lowest BCUT2D eigenvalue weighted by atomic mass is 9.79. The van der Waals surface area contributed by atoms with E-state index in [0.717, 1.165) is 10.2 Å². The van der Waals surface area contributed by atoms with Gasteiger partial charge in [0.1, 0.15) is 0 Å². The molecule has 0 radical (unpaired) electrons. The molecule has 7 nitrogen and oxygen atoms in total. The maximum atomic E-state index is 13.6. The Kier molecular flexibility index (Phi) is 5.78. The summed E-state index contributed by atoms with van der Waals surface area (Å²) in [7, 11) is 1.57. The van der Waals surface area contributed by atoms with Gasteiger partial charge in [0.05, 0.1) is 12.1 Å². The van der Waals surface area contributed by atoms with E-state index in [9.17, 15) is 13.2 Å². The van der Waals surface area contributed by atoms with Gasteiger partial charge in [0.15, 0.2) is 5.72 Å². The Morgan fingerprint density at radius 3 is 2.35 bits per heavy atom. The second-order valence-electron chi connectivity index (χ2n) is 7.59. The predicted molar refractivity (Wildman–Crippen MR) is 107 cm³/mol. The monoisotopic (exact) mass is 432 g/mol. The molecule has 164 valence electrons. The maximum Gasteiger partial charge on any atom is 0.453 e. The lowest BCUT2D eigenvalue weighted by molar-refractivity contribution is -0.149. The molecule has 0 amide bonds. The number of rotatable bonds is 5. The summed E-state index contributed by atoms with van der Waals surface area (Å²) in [4.78, 5) is 0. The van der Waals surface area contributed by atoms with Gasteiger partial charge in [-0.2, -0.15) is 13.2 Å². The van der Waals surface area contributed by atoms with Crippen molar-refractivity contribution in [3.8, 4) is 0 Å². The molecule has 1 fully saturated rings. The Bertz CT molecular complexity index is 997. The van der Waals surface area contributed by atoms with E-state index in [1.165, 1.54) is 0 Å². The van der Waals surface area contributed by atoms with Crippen molar-refractivity contribution in [1.29, 1.82) is 0 Å². The molecule has 3 N–H and O–H groups in total. The fourth-order valence-electron chi connectivity index (χ4n) is 4.40. The zero-order valence-corrected chi connectivity index (χ0v) is 16.8. The van der Waals surface area contributed by atoms with Crippen molar-refractivity contribution in [1.82, 2.24) is 25.5 Å². The summed E-state index contributed by atoms with van der Waals surface area (Å²) in [6, 6.07) is 17.1. The first-order chi connectivity index (χ1) is 14.9. The van der Waals surface area contributed by atoms with E-state index in [0.29, 0.717) is 18.5 Å². The van der Waals surface area contributed by atoms with Crippen LogP contribution >= 0.6 is 0 Å². The van der Waals surface area contributed by atoms with Crippen LogP contribution in [0.25, 0.3) is 0 Å². The van der Waals surface area contributed by atoms with Gasteiger partial charge in [-0.1, -0.05) is 60.7 Å². The van der Waals surface area contributed by atoms with E-state index in [1.54, 1.807) is 37.4 Å². The molecule has 0 saturated carbocycles. The van der Waals surface area contributed by atoms with Gasteiger partial charge in [0.25, 0.3) is 5.82 Å². The Morgan fingerprint density at radius 2 is 1.77 bits per heavy atom. The highest BCUT2D eigenvalue weighted by atomic mass is 19.4. The number of ether oxygens (including phenoxy) is 1. The first-order valence-corrected chi connectivity index (χ1v) is 9.88. The molecule has 2 heterocycles. The molecule has 0 bridgehead atoms. The van der Waals surface area contributed by atoms with E-state index in [1.807, 2.05) is 30.3 Å². The van der Waals surface area contributed by atoms with Gasteiger partial charge in [-0.05, 0) is 28.3 Å². The number of hydrogen-bond donors (Lipinski definition) is 2. The SMILES string of the molecule is COC1(c2ccccc2)NCC(C(c2ccccc2)n2nnnc2C(F)(F)F)CC1N. The fraction of sp³-hybridized carbons (Fsp3) is 0.381. The van der Waals surface area contributed by atoms with E-state index in [-0.39, 0.29) is 5.92 Å². The third-order valence-corrected chi connectivity index (χ3v) is 5.83. The minimum absolute atomic E-state index is 0.311. The van der Waals surface area contributed by atoms with Crippen molar-refractivity contribution in [2.45, 2.75) is 30.4 Å². The zero-order valence-electron chi connectivity index (χ0n) is 16.8. The number of piperidine rings is 1. The maximum absolute atomic E-state index is 13.6. The van der Waals surface area contributed by atoms with Crippen LogP contribution < -0.4 is 11.1 Å². The molecular formula is C21H23F3N6O. The van der Waals surface area contributed by atoms with Crippen LogP contribution in [0.3, 0.4) is 0 Å². The lowest BCUT2D eigenvalue weighted by Gasteiger charge is -2.46. The molecule has 4 unspecified atom stereocenters. The molecule has 1 saturated heterocycles. The van der Waals surface area contributed by atoms with Crippen LogP contribution in [-0.2, 0) is 16.6 Å². The van der Waals surface area contributed by atoms with Gasteiger partial charge in [0.2, 0.25) is 0 Å². The quantitative estimate of drug-likeness (QED) is 0.644. The normalized spacial score (nSPS) is 25.3. The Morgan fingerprint density at radius 1 is 1.13 bits per heavy atom.